The van der Waals surface area contributed by atoms with Crippen molar-refractivity contribution in [2.75, 3.05) is 26.4 Å². The Morgan fingerprint density at radius 3 is 1.44 bits per heavy atom. The van der Waals surface area contributed by atoms with Crippen molar-refractivity contribution < 1.29 is 130 Å². The second-order valence-corrected chi connectivity index (χ2v) is 16.5. The van der Waals surface area contributed by atoms with Crippen molar-refractivity contribution in [2.24, 2.45) is 5.73 Å². The first-order valence-corrected chi connectivity index (χ1v) is 21.2. The molecule has 0 saturated carbocycles. The van der Waals surface area contributed by atoms with Crippen LogP contribution in [0.3, 0.4) is 0 Å². The topological polar surface area (TPSA) is 489 Å². The first kappa shape index (κ1) is 51.6. The highest BCUT2D eigenvalue weighted by atomic mass is 32.2. The Morgan fingerprint density at radius 2 is 0.984 bits per heavy atom. The van der Waals surface area contributed by atoms with Gasteiger partial charge in [-0.3, -0.25) is 9.11 Å². The molecule has 30 nitrogen and oxygen atoms in total. The van der Waals surface area contributed by atoms with E-state index in [9.17, 15) is 91.7 Å². The molecule has 0 bridgehead atoms. The van der Waals surface area contributed by atoms with Gasteiger partial charge in [0.1, 0.15) is 85.3 Å². The summed E-state index contributed by atoms with van der Waals surface area (Å²) in [5.41, 5.74) is 5.46. The molecule has 32 heteroatoms. The molecule has 0 aliphatic carbocycles. The number of carbonyl (C=O) groups is 2. The summed E-state index contributed by atoms with van der Waals surface area (Å²) in [6.07, 6.45) is -37.9. The molecule has 4 rings (SSSR count). The third kappa shape index (κ3) is 12.8. The number of nitrogens with two attached hydrogens (primary N) is 1. The Balaban J connectivity index is 1.57. The van der Waals surface area contributed by atoms with E-state index in [-0.39, 0.29) is 6.61 Å². The molecular weight excluding hydrogens is 886 g/mol. The van der Waals surface area contributed by atoms with Crippen LogP contribution in [0.15, 0.2) is 0 Å². The van der Waals surface area contributed by atoms with E-state index in [2.05, 4.69) is 0 Å². The number of carboxylic acids is 2. The van der Waals surface area contributed by atoms with Gasteiger partial charge in [0.25, 0.3) is 0 Å². The number of aliphatic carboxylic acids is 2. The van der Waals surface area contributed by atoms with E-state index in [1.807, 2.05) is 0 Å². The number of aliphatic hydroxyl groups excluding tert-OH is 9. The molecule has 4 fully saturated rings. The number of unbranched alkanes of at least 4 members (excludes halogenated alkanes) is 2. The van der Waals surface area contributed by atoms with Crippen molar-refractivity contribution in [3.05, 3.63) is 0 Å². The molecule has 61 heavy (non-hydrogen) atoms. The van der Waals surface area contributed by atoms with Crippen LogP contribution >= 0.6 is 0 Å². The summed E-state index contributed by atoms with van der Waals surface area (Å²) in [6.45, 7) is -1.92. The fourth-order valence-corrected chi connectivity index (χ4v) is 8.06. The average molecular weight is 938 g/mol. The predicted octanol–water partition coefficient (Wildman–Crippen LogP) is -9.61. The van der Waals surface area contributed by atoms with Crippen LogP contribution in [0.5, 0.6) is 0 Å². The Kier molecular flexibility index (Phi) is 18.4. The maximum absolute atomic E-state index is 12.5. The molecule has 4 saturated heterocycles. The van der Waals surface area contributed by atoms with Crippen molar-refractivity contribution in [3.63, 3.8) is 0 Å². The van der Waals surface area contributed by atoms with Crippen LogP contribution < -0.4 is 15.2 Å². The summed E-state index contributed by atoms with van der Waals surface area (Å²) >= 11 is 0. The highest BCUT2D eigenvalue weighted by molar-refractivity contribution is 7.84. The normalized spacial score (nSPS) is 42.6. The lowest BCUT2D eigenvalue weighted by Crippen LogP contribution is -2.70. The van der Waals surface area contributed by atoms with Gasteiger partial charge in [-0.2, -0.15) is 26.3 Å². The minimum absolute atomic E-state index is 0.0848. The minimum atomic E-state index is -5.41. The smallest absolute Gasteiger partial charge is 0.335 e. The Labute approximate surface area is 345 Å². The third-order valence-corrected chi connectivity index (χ3v) is 11.0. The molecule has 20 atom stereocenters. The summed E-state index contributed by atoms with van der Waals surface area (Å²) in [4.78, 5) is 24.1. The third-order valence-electron chi connectivity index (χ3n) is 9.88. The monoisotopic (exact) mass is 937 g/mol. The van der Waals surface area contributed by atoms with Gasteiger partial charge in [-0.25, -0.2) is 9.59 Å². The number of carboxylic acid groups (broad SMARTS) is 2. The largest absolute Gasteiger partial charge is 0.479 e. The predicted molar refractivity (Wildman–Crippen MR) is 187 cm³/mol. The molecule has 0 aromatic rings. The van der Waals surface area contributed by atoms with Crippen LogP contribution in [-0.2, 0) is 68.1 Å². The van der Waals surface area contributed by atoms with Gasteiger partial charge < -0.3 is 99.8 Å². The number of rotatable bonds is 20. The first-order chi connectivity index (χ1) is 28.4. The Morgan fingerprint density at radius 1 is 0.541 bits per heavy atom. The van der Waals surface area contributed by atoms with Gasteiger partial charge in [0, 0.05) is 6.61 Å². The van der Waals surface area contributed by atoms with E-state index in [1.165, 1.54) is 4.72 Å². The highest BCUT2D eigenvalue weighted by Gasteiger charge is 2.57. The van der Waals surface area contributed by atoms with Crippen molar-refractivity contribution in [3.8, 4) is 0 Å². The van der Waals surface area contributed by atoms with E-state index >= 15 is 0 Å². The highest BCUT2D eigenvalue weighted by Crippen LogP contribution is 2.35. The maximum atomic E-state index is 12.5. The van der Waals surface area contributed by atoms with Gasteiger partial charge >= 0.3 is 32.5 Å². The van der Waals surface area contributed by atoms with Crippen LogP contribution in [0, 0.1) is 0 Å². The molecule has 0 spiro atoms. The van der Waals surface area contributed by atoms with E-state index in [0.29, 0.717) is 25.8 Å². The van der Waals surface area contributed by atoms with E-state index in [4.69, 9.17) is 43.6 Å². The molecule has 356 valence electrons. The molecule has 4 aliphatic heterocycles. The van der Waals surface area contributed by atoms with Crippen molar-refractivity contribution in [1.82, 2.24) is 9.44 Å². The Bertz CT molecular complexity index is 1670. The molecule has 0 aromatic heterocycles. The average Bonchev–Trinajstić information content (AvgIpc) is 3.17. The van der Waals surface area contributed by atoms with Crippen molar-refractivity contribution >= 4 is 32.5 Å². The maximum Gasteiger partial charge on any atom is 0.335 e. The number of ether oxygens (including phenoxy) is 8. The first-order valence-electron chi connectivity index (χ1n) is 18.3. The number of hydrogen-bond donors (Lipinski definition) is 16. The van der Waals surface area contributed by atoms with Crippen LogP contribution in [0.25, 0.3) is 0 Å². The summed E-state index contributed by atoms with van der Waals surface area (Å²) in [5, 5.41) is 115. The molecule has 0 aromatic carbocycles. The molecule has 4 heterocycles. The van der Waals surface area contributed by atoms with Gasteiger partial charge in [0.15, 0.2) is 37.4 Å². The lowest BCUT2D eigenvalue weighted by Gasteiger charge is -2.49. The van der Waals surface area contributed by atoms with E-state index < -0.39 is 168 Å². The standard InChI is InChI=1S/C29H51N3O27S2/c30-4-2-1-3-5-52-26-10(31-60(46,47)48)12(35)19(8(6-33)53-26)56-29-18(41)16(39)21(23(59-29)25(44)45)57-27-11(32-61(49,50)51)13(36)20(9(7-34)54-27)55-28-17(40)14(37)15(38)22(58-28)24(42)43/h8-23,26-29,31-41H,1-7,30H2,(H,42,43)(H,44,45)(H,46,47,48)(H,49,50,51)/t8-,9-,10-,11-,12-,13-,14+,15+,16-,17-,18-,19-,20-,21+,22-,23-,26-,27-,28-,29-/m1/s1. The number of nitrogens with one attached hydrogen (secondary N) is 2. The molecule has 0 unspecified atom stereocenters. The summed E-state index contributed by atoms with van der Waals surface area (Å²) in [5.74, 6) is -3.84. The molecule has 0 radical (unpaired) electrons. The fraction of sp³-hybridized carbons (Fsp3) is 0.931. The fourth-order valence-electron chi connectivity index (χ4n) is 6.88. The number of aliphatic hydroxyl groups is 9. The van der Waals surface area contributed by atoms with Crippen molar-refractivity contribution in [2.45, 2.75) is 142 Å². The lowest BCUT2D eigenvalue weighted by atomic mass is 9.94. The van der Waals surface area contributed by atoms with E-state index in [0.717, 1.165) is 0 Å². The van der Waals surface area contributed by atoms with Gasteiger partial charge in [-0.05, 0) is 25.8 Å². The summed E-state index contributed by atoms with van der Waals surface area (Å²) in [6, 6.07) is -4.23. The summed E-state index contributed by atoms with van der Waals surface area (Å²) < 4.78 is 113. The second kappa shape index (κ2) is 21.8. The molecular formula is C29H51N3O27S2. The zero-order valence-electron chi connectivity index (χ0n) is 31.4. The van der Waals surface area contributed by atoms with Gasteiger partial charge in [-0.15, -0.1) is 0 Å². The Hall–Kier alpha value is -2.04. The van der Waals surface area contributed by atoms with Gasteiger partial charge in [-0.1, -0.05) is 0 Å². The number of hydrogen-bond acceptors (Lipinski definition) is 24. The molecule has 4 aliphatic rings. The van der Waals surface area contributed by atoms with E-state index in [1.54, 1.807) is 4.72 Å². The SMILES string of the molecule is NCCCCCO[C@@H]1O[C@H](CO)[C@@H](O[C@@H]2O[C@@H](C(=O)O)[C@@H](O[C@H]3O[C@H](CO)[C@@H](O[C@@H]4O[C@@H](C(=O)O)[C@@H](O)[C@H](O)[C@H]4O)[C@H](O)[C@H]3NS(=O)(=O)O)[C@H](O)[C@H]2O)[C@H](O)[C@H]1NS(=O)(=O)O. The molecule has 17 N–H and O–H groups in total. The van der Waals surface area contributed by atoms with Crippen LogP contribution in [0.2, 0.25) is 0 Å². The summed E-state index contributed by atoms with van der Waals surface area (Å²) in [7, 11) is -10.5. The quantitative estimate of drug-likeness (QED) is 0.0398. The van der Waals surface area contributed by atoms with Gasteiger partial charge in [0.05, 0.1) is 13.2 Å². The zero-order valence-corrected chi connectivity index (χ0v) is 33.1. The van der Waals surface area contributed by atoms with Crippen LogP contribution in [0.1, 0.15) is 19.3 Å². The van der Waals surface area contributed by atoms with Crippen LogP contribution in [-0.4, -0.2) is 243 Å². The van der Waals surface area contributed by atoms with Gasteiger partial charge in [0.2, 0.25) is 0 Å². The zero-order chi connectivity index (χ0) is 45.7. The second-order valence-electron chi connectivity index (χ2n) is 14.2. The molecule has 0 amide bonds. The minimum Gasteiger partial charge on any atom is -0.479 e. The van der Waals surface area contributed by atoms with Crippen LogP contribution in [0.4, 0.5) is 0 Å². The van der Waals surface area contributed by atoms with Crippen molar-refractivity contribution in [1.29, 1.82) is 0 Å². The lowest BCUT2D eigenvalue weighted by molar-refractivity contribution is -0.371.